The minimum absolute atomic E-state index is 0.546. The predicted molar refractivity (Wildman–Crippen MR) is 53.6 cm³/mol. The third-order valence-electron chi connectivity index (χ3n) is 5.32. The zero-order valence-corrected chi connectivity index (χ0v) is 8.36. The molecule has 0 amide bonds. The molecule has 3 saturated carbocycles. The molecule has 0 aromatic heterocycles. The molecule has 3 fully saturated rings. The van der Waals surface area contributed by atoms with Crippen LogP contribution >= 0.6 is 0 Å². The highest BCUT2D eigenvalue weighted by molar-refractivity contribution is 5.81. The van der Waals surface area contributed by atoms with Crippen molar-refractivity contribution in [2.75, 3.05) is 0 Å². The van der Waals surface area contributed by atoms with E-state index in [1.54, 1.807) is 0 Å². The van der Waals surface area contributed by atoms with Crippen LogP contribution in [0.15, 0.2) is 12.2 Å². The van der Waals surface area contributed by atoms with Gasteiger partial charge in [0.15, 0.2) is 0 Å². The SMILES string of the molecule is O=C1CC2CC3C4C=CC(C4)C3C2C1. The molecule has 14 heavy (non-hydrogen) atoms. The van der Waals surface area contributed by atoms with Gasteiger partial charge in [0, 0.05) is 12.8 Å². The number of allylic oxidation sites excluding steroid dienone is 2. The number of fused-ring (bicyclic) bond motifs is 7. The van der Waals surface area contributed by atoms with Gasteiger partial charge < -0.3 is 0 Å². The van der Waals surface area contributed by atoms with E-state index in [-0.39, 0.29) is 0 Å². The summed E-state index contributed by atoms with van der Waals surface area (Å²) in [6.45, 7) is 0. The first kappa shape index (κ1) is 7.67. The molecule has 4 aliphatic carbocycles. The van der Waals surface area contributed by atoms with Gasteiger partial charge in [-0.15, -0.1) is 0 Å². The van der Waals surface area contributed by atoms with Crippen LogP contribution < -0.4 is 0 Å². The average Bonchev–Trinajstić information content (AvgIpc) is 2.78. The summed E-state index contributed by atoms with van der Waals surface area (Å²) in [5.41, 5.74) is 0. The van der Waals surface area contributed by atoms with E-state index in [0.717, 1.165) is 48.3 Å². The van der Waals surface area contributed by atoms with Crippen molar-refractivity contribution in [3.63, 3.8) is 0 Å². The summed E-state index contributed by atoms with van der Waals surface area (Å²) < 4.78 is 0. The summed E-state index contributed by atoms with van der Waals surface area (Å²) in [5, 5.41) is 0. The summed E-state index contributed by atoms with van der Waals surface area (Å²) in [6, 6.07) is 0. The van der Waals surface area contributed by atoms with Crippen LogP contribution in [0.5, 0.6) is 0 Å². The average molecular weight is 188 g/mol. The van der Waals surface area contributed by atoms with Crippen LogP contribution in [0.1, 0.15) is 25.7 Å². The first-order valence-electron chi connectivity index (χ1n) is 6.03. The summed E-state index contributed by atoms with van der Waals surface area (Å²) in [6.07, 6.45) is 9.50. The number of Topliss-reactive ketones (excluding diaryl/α,β-unsaturated/α-hetero) is 1. The lowest BCUT2D eigenvalue weighted by Gasteiger charge is -2.24. The topological polar surface area (TPSA) is 17.1 Å². The maximum Gasteiger partial charge on any atom is 0.133 e. The normalized spacial score (nSPS) is 58.1. The fourth-order valence-electron chi connectivity index (χ4n) is 4.94. The molecule has 6 unspecified atom stereocenters. The summed E-state index contributed by atoms with van der Waals surface area (Å²) in [7, 11) is 0. The maximum absolute atomic E-state index is 11.4. The van der Waals surface area contributed by atoms with E-state index in [2.05, 4.69) is 12.2 Å². The lowest BCUT2D eigenvalue weighted by molar-refractivity contribution is -0.118. The van der Waals surface area contributed by atoms with Gasteiger partial charge in [-0.3, -0.25) is 4.79 Å². The van der Waals surface area contributed by atoms with Gasteiger partial charge in [-0.25, -0.2) is 0 Å². The quantitative estimate of drug-likeness (QED) is 0.533. The molecule has 0 N–H and O–H groups in total. The number of carbonyl (C=O) groups excluding carboxylic acids is 1. The molecule has 0 spiro atoms. The number of rotatable bonds is 0. The van der Waals surface area contributed by atoms with Crippen LogP contribution in [0.3, 0.4) is 0 Å². The van der Waals surface area contributed by atoms with E-state index in [4.69, 9.17) is 0 Å². The van der Waals surface area contributed by atoms with Crippen molar-refractivity contribution in [1.82, 2.24) is 0 Å². The summed E-state index contributed by atoms with van der Waals surface area (Å²) >= 11 is 0. The fraction of sp³-hybridized carbons (Fsp3) is 0.769. The molecule has 0 saturated heterocycles. The lowest BCUT2D eigenvalue weighted by atomic mass is 9.80. The molecule has 0 radical (unpaired) electrons. The second-order valence-electron chi connectivity index (χ2n) is 5.80. The molecule has 1 heteroatoms. The van der Waals surface area contributed by atoms with Crippen molar-refractivity contribution in [3.8, 4) is 0 Å². The van der Waals surface area contributed by atoms with E-state index in [0.29, 0.717) is 5.78 Å². The molecule has 0 aliphatic heterocycles. The van der Waals surface area contributed by atoms with Gasteiger partial charge in [0.1, 0.15) is 5.78 Å². The number of hydrogen-bond acceptors (Lipinski definition) is 1. The smallest absolute Gasteiger partial charge is 0.133 e. The monoisotopic (exact) mass is 188 g/mol. The highest BCUT2D eigenvalue weighted by Crippen LogP contribution is 2.62. The van der Waals surface area contributed by atoms with Crippen LogP contribution in [-0.2, 0) is 4.79 Å². The number of carbonyl (C=O) groups is 1. The van der Waals surface area contributed by atoms with Crippen LogP contribution in [0.4, 0.5) is 0 Å². The van der Waals surface area contributed by atoms with E-state index >= 15 is 0 Å². The van der Waals surface area contributed by atoms with Crippen molar-refractivity contribution in [1.29, 1.82) is 0 Å². The Bertz CT molecular complexity index is 330. The van der Waals surface area contributed by atoms with Gasteiger partial charge in [-0.1, -0.05) is 12.2 Å². The van der Waals surface area contributed by atoms with Crippen LogP contribution in [-0.4, -0.2) is 5.78 Å². The predicted octanol–water partition coefficient (Wildman–Crippen LogP) is 2.42. The Morgan fingerprint density at radius 2 is 1.86 bits per heavy atom. The van der Waals surface area contributed by atoms with Gasteiger partial charge in [-0.05, 0) is 48.3 Å². The van der Waals surface area contributed by atoms with Crippen molar-refractivity contribution < 1.29 is 4.79 Å². The van der Waals surface area contributed by atoms with Crippen molar-refractivity contribution in [2.45, 2.75) is 25.7 Å². The van der Waals surface area contributed by atoms with E-state index in [1.807, 2.05) is 0 Å². The van der Waals surface area contributed by atoms with Crippen LogP contribution in [0.25, 0.3) is 0 Å². The van der Waals surface area contributed by atoms with Gasteiger partial charge in [0.25, 0.3) is 0 Å². The number of ketones is 1. The minimum Gasteiger partial charge on any atom is -0.300 e. The molecular formula is C13H16O. The van der Waals surface area contributed by atoms with Gasteiger partial charge in [0.05, 0.1) is 0 Å². The Kier molecular flexibility index (Phi) is 1.27. The third-order valence-corrected chi connectivity index (χ3v) is 5.32. The molecule has 74 valence electrons. The van der Waals surface area contributed by atoms with Gasteiger partial charge in [0.2, 0.25) is 0 Å². The molecule has 6 atom stereocenters. The van der Waals surface area contributed by atoms with Gasteiger partial charge >= 0.3 is 0 Å². The van der Waals surface area contributed by atoms with E-state index < -0.39 is 0 Å². The standard InChI is InChI=1S/C13H16O/c14-10-4-9-5-11-7-1-2-8(3-7)13(11)12(9)6-10/h1-2,7-9,11-13H,3-6H2. The first-order chi connectivity index (χ1) is 6.83. The van der Waals surface area contributed by atoms with E-state index in [1.165, 1.54) is 12.8 Å². The summed E-state index contributed by atoms with van der Waals surface area (Å²) in [4.78, 5) is 11.4. The second kappa shape index (κ2) is 2.32. The Labute approximate surface area is 84.6 Å². The molecular weight excluding hydrogens is 172 g/mol. The van der Waals surface area contributed by atoms with Crippen LogP contribution in [0.2, 0.25) is 0 Å². The molecule has 4 aliphatic rings. The Balaban J connectivity index is 1.71. The summed E-state index contributed by atoms with van der Waals surface area (Å²) in [5.74, 6) is 5.73. The third kappa shape index (κ3) is 0.757. The van der Waals surface area contributed by atoms with Crippen molar-refractivity contribution in [3.05, 3.63) is 12.2 Å². The molecule has 2 bridgehead atoms. The zero-order valence-electron chi connectivity index (χ0n) is 8.36. The Morgan fingerprint density at radius 1 is 1.00 bits per heavy atom. The minimum atomic E-state index is 0.546. The molecule has 0 heterocycles. The van der Waals surface area contributed by atoms with Crippen molar-refractivity contribution >= 4 is 5.78 Å². The zero-order chi connectivity index (χ0) is 9.28. The first-order valence-corrected chi connectivity index (χ1v) is 6.03. The Hall–Kier alpha value is -0.590. The lowest BCUT2D eigenvalue weighted by Crippen LogP contribution is -2.19. The van der Waals surface area contributed by atoms with E-state index in [9.17, 15) is 4.79 Å². The van der Waals surface area contributed by atoms with Gasteiger partial charge in [-0.2, -0.15) is 0 Å². The maximum atomic E-state index is 11.4. The fourth-order valence-corrected chi connectivity index (χ4v) is 4.94. The number of hydrogen-bond donors (Lipinski definition) is 0. The highest BCUT2D eigenvalue weighted by Gasteiger charge is 2.56. The van der Waals surface area contributed by atoms with Crippen molar-refractivity contribution in [2.24, 2.45) is 35.5 Å². The molecule has 0 aromatic carbocycles. The van der Waals surface area contributed by atoms with Crippen LogP contribution in [0, 0.1) is 35.5 Å². The highest BCUT2D eigenvalue weighted by atomic mass is 16.1. The molecule has 1 nitrogen and oxygen atoms in total. The Morgan fingerprint density at radius 3 is 2.79 bits per heavy atom. The second-order valence-corrected chi connectivity index (χ2v) is 5.80. The molecule has 4 rings (SSSR count). The molecule has 0 aromatic rings. The largest absolute Gasteiger partial charge is 0.300 e.